The van der Waals surface area contributed by atoms with E-state index in [2.05, 4.69) is 29.4 Å². The van der Waals surface area contributed by atoms with Crippen molar-refractivity contribution in [2.45, 2.75) is 84.3 Å². The van der Waals surface area contributed by atoms with Crippen molar-refractivity contribution in [3.05, 3.63) is 88.8 Å². The monoisotopic (exact) mass is 1000 g/mol. The SMILES string of the molecule is CC(C)c1nc(N(C)S(C)(=O)=O)nc(-c2ccc(F)cc2)c1C=O.COC(=O)C[C@H](O)CC(=O)/C=C/c1c(-c2ccc(F)cc2)nc(N(C)S(C)(=O)=O)nc1C(C)C.COC(=O)C[C@H](O)CC(C)=O. The summed E-state index contributed by atoms with van der Waals surface area (Å²) >= 11 is 0. The van der Waals surface area contributed by atoms with Crippen LogP contribution in [0.4, 0.5) is 20.7 Å². The molecule has 376 valence electrons. The molecule has 0 spiro atoms. The number of nitrogens with zero attached hydrogens (tertiary/aromatic N) is 6. The van der Waals surface area contributed by atoms with Gasteiger partial charge in [0.1, 0.15) is 17.4 Å². The molecular weight excluding hydrogens is 947 g/mol. The van der Waals surface area contributed by atoms with Gasteiger partial charge in [-0.05, 0) is 79.4 Å². The zero-order valence-corrected chi connectivity index (χ0v) is 41.8. The smallest absolute Gasteiger partial charge is 0.308 e. The minimum atomic E-state index is -3.66. The Hall–Kier alpha value is -6.43. The summed E-state index contributed by atoms with van der Waals surface area (Å²) in [6.45, 7) is 8.74. The Balaban J connectivity index is 0.000000403. The van der Waals surface area contributed by atoms with Gasteiger partial charge in [0.15, 0.2) is 12.1 Å². The summed E-state index contributed by atoms with van der Waals surface area (Å²) in [6.07, 6.45) is 2.58. The molecule has 2 atom stereocenters. The van der Waals surface area contributed by atoms with Crippen molar-refractivity contribution < 1.29 is 69.3 Å². The van der Waals surface area contributed by atoms with Gasteiger partial charge in [-0.2, -0.15) is 0 Å². The lowest BCUT2D eigenvalue weighted by atomic mass is 9.97. The lowest BCUT2D eigenvalue weighted by Crippen LogP contribution is -2.27. The van der Waals surface area contributed by atoms with Gasteiger partial charge in [0.2, 0.25) is 31.9 Å². The largest absolute Gasteiger partial charge is 0.469 e. The van der Waals surface area contributed by atoms with Crippen LogP contribution in [0.3, 0.4) is 0 Å². The van der Waals surface area contributed by atoms with Crippen LogP contribution in [0.1, 0.15) is 99.4 Å². The molecule has 4 rings (SSSR count). The number of ketones is 2. The number of carbonyl (C=O) groups excluding carboxylic acids is 5. The number of aliphatic hydroxyl groups excluding tert-OH is 2. The molecular formula is C46H58F2N6O13S2. The first-order valence-electron chi connectivity index (χ1n) is 20.9. The number of anilines is 2. The standard InChI is InChI=1S/C23H28FN3O6S.C16H18FN3O3S.C7H12O4/c1-14(2)21-19(11-10-17(28)12-18(29)13-20(30)33-4)22(15-6-8-16(24)9-7-15)26-23(25-21)27(3)34(5,31)32;1-10(2)14-13(9-21)15(11-5-7-12(17)8-6-11)19-16(18-14)20(3)24(4,22)23;1-5(8)3-6(9)4-7(10)11-2/h6-11,14,18,29H,12-13H2,1-5H3;5-10H,1-4H3;6,9H,3-4H2,1-2H3/b11-10+;;/t18-;;6-/m1.1/s1. The van der Waals surface area contributed by atoms with Crippen molar-refractivity contribution in [2.24, 2.45) is 0 Å². The topological polar surface area (TPSA) is 271 Å². The summed E-state index contributed by atoms with van der Waals surface area (Å²) in [4.78, 5) is 73.5. The maximum absolute atomic E-state index is 13.5. The highest BCUT2D eigenvalue weighted by Crippen LogP contribution is 2.32. The van der Waals surface area contributed by atoms with Crippen molar-refractivity contribution in [3.63, 3.8) is 0 Å². The number of aldehydes is 1. The highest BCUT2D eigenvalue weighted by atomic mass is 32.2. The number of methoxy groups -OCH3 is 2. The quantitative estimate of drug-likeness (QED) is 0.0694. The van der Waals surface area contributed by atoms with Crippen LogP contribution in [0.25, 0.3) is 28.6 Å². The van der Waals surface area contributed by atoms with Crippen LogP contribution >= 0.6 is 0 Å². The summed E-state index contributed by atoms with van der Waals surface area (Å²) in [5, 5.41) is 18.9. The third-order valence-electron chi connectivity index (χ3n) is 9.59. The average Bonchev–Trinajstić information content (AvgIpc) is 3.26. The number of ether oxygens (including phenoxy) is 2. The number of sulfonamides is 2. The van der Waals surface area contributed by atoms with E-state index in [0.29, 0.717) is 40.1 Å². The third-order valence-corrected chi connectivity index (χ3v) is 11.9. The number of Topliss-reactive ketones (excluding diaryl/α,β-unsaturated/α-hetero) is 1. The molecule has 0 unspecified atom stereocenters. The van der Waals surface area contributed by atoms with E-state index in [9.17, 15) is 54.7 Å². The van der Waals surface area contributed by atoms with Crippen molar-refractivity contribution in [3.8, 4) is 22.5 Å². The minimum Gasteiger partial charge on any atom is -0.469 e. The van der Waals surface area contributed by atoms with Gasteiger partial charge < -0.3 is 19.7 Å². The fourth-order valence-electron chi connectivity index (χ4n) is 5.85. The summed E-state index contributed by atoms with van der Waals surface area (Å²) in [6, 6.07) is 10.9. The van der Waals surface area contributed by atoms with Crippen LogP contribution < -0.4 is 8.61 Å². The number of halogens is 2. The van der Waals surface area contributed by atoms with Crippen molar-refractivity contribution in [1.29, 1.82) is 0 Å². The zero-order chi connectivity index (χ0) is 52.6. The van der Waals surface area contributed by atoms with E-state index < -0.39 is 61.6 Å². The maximum Gasteiger partial charge on any atom is 0.308 e. The van der Waals surface area contributed by atoms with Crippen LogP contribution in [-0.2, 0) is 48.7 Å². The zero-order valence-electron chi connectivity index (χ0n) is 40.1. The number of carbonyl (C=O) groups is 5. The first kappa shape index (κ1) is 58.7. The Bertz CT molecular complexity index is 2700. The molecule has 0 aliphatic rings. The van der Waals surface area contributed by atoms with Crippen molar-refractivity contribution in [1.82, 2.24) is 19.9 Å². The number of rotatable bonds is 19. The Morgan fingerprint density at radius 2 is 1.00 bits per heavy atom. The number of hydrogen-bond donors (Lipinski definition) is 2. The van der Waals surface area contributed by atoms with E-state index in [0.717, 1.165) is 21.1 Å². The molecule has 2 aromatic heterocycles. The molecule has 0 amide bonds. The second-order valence-corrected chi connectivity index (χ2v) is 20.0. The Morgan fingerprint density at radius 1 is 0.638 bits per heavy atom. The lowest BCUT2D eigenvalue weighted by Gasteiger charge is -2.20. The molecule has 2 heterocycles. The number of esters is 2. The summed E-state index contributed by atoms with van der Waals surface area (Å²) in [7, 11) is -2.13. The van der Waals surface area contributed by atoms with Gasteiger partial charge in [-0.1, -0.05) is 27.7 Å². The molecule has 0 aliphatic heterocycles. The Labute approximate surface area is 400 Å². The van der Waals surface area contributed by atoms with Gasteiger partial charge >= 0.3 is 11.9 Å². The van der Waals surface area contributed by atoms with Crippen LogP contribution in [0, 0.1) is 11.6 Å². The number of aliphatic hydroxyl groups is 2. The third kappa shape index (κ3) is 18.5. The van der Waals surface area contributed by atoms with E-state index in [1.54, 1.807) is 0 Å². The van der Waals surface area contributed by atoms with E-state index >= 15 is 0 Å². The molecule has 19 nitrogen and oxygen atoms in total. The fraction of sp³-hybridized carbons (Fsp3) is 0.413. The molecule has 0 aliphatic carbocycles. The first-order chi connectivity index (χ1) is 32.0. The molecule has 0 saturated carbocycles. The normalized spacial score (nSPS) is 12.2. The number of benzene rings is 2. The molecule has 0 saturated heterocycles. The van der Waals surface area contributed by atoms with Crippen molar-refractivity contribution >= 4 is 67.8 Å². The molecule has 0 fully saturated rings. The summed E-state index contributed by atoms with van der Waals surface area (Å²) in [5.41, 5.74) is 3.20. The van der Waals surface area contributed by atoms with Gasteiger partial charge in [0.25, 0.3) is 0 Å². The molecule has 0 radical (unpaired) electrons. The number of aromatic nitrogens is 4. The average molecular weight is 1010 g/mol. The second-order valence-electron chi connectivity index (χ2n) is 16.0. The predicted molar refractivity (Wildman–Crippen MR) is 254 cm³/mol. The molecule has 2 N–H and O–H groups in total. The Morgan fingerprint density at radius 3 is 1.33 bits per heavy atom. The minimum absolute atomic E-state index is 0.00903. The first-order valence-corrected chi connectivity index (χ1v) is 24.6. The van der Waals surface area contributed by atoms with Crippen LogP contribution in [0.5, 0.6) is 0 Å². The van der Waals surface area contributed by atoms with E-state index in [1.165, 1.54) is 95.9 Å². The molecule has 23 heteroatoms. The summed E-state index contributed by atoms with van der Waals surface area (Å²) < 4.78 is 85.1. The van der Waals surface area contributed by atoms with E-state index in [1.807, 2.05) is 27.7 Å². The van der Waals surface area contributed by atoms with Gasteiger partial charge in [0.05, 0.1) is 80.1 Å². The summed E-state index contributed by atoms with van der Waals surface area (Å²) in [5.74, 6) is -3.01. The Kier molecular flexibility index (Phi) is 22.4. The highest BCUT2D eigenvalue weighted by Gasteiger charge is 2.25. The van der Waals surface area contributed by atoms with E-state index in [-0.39, 0.29) is 66.5 Å². The molecule has 4 aromatic rings. The highest BCUT2D eigenvalue weighted by molar-refractivity contribution is 7.92. The van der Waals surface area contributed by atoms with Crippen LogP contribution in [-0.4, -0.2) is 130 Å². The predicted octanol–water partition coefficient (Wildman–Crippen LogP) is 5.20. The van der Waals surface area contributed by atoms with Gasteiger partial charge in [-0.15, -0.1) is 0 Å². The number of allylic oxidation sites excluding steroid dienone is 1. The van der Waals surface area contributed by atoms with Gasteiger partial charge in [-0.25, -0.2) is 54.2 Å². The number of hydrogen-bond acceptors (Lipinski definition) is 17. The lowest BCUT2D eigenvalue weighted by molar-refractivity contribution is -0.144. The van der Waals surface area contributed by atoms with Gasteiger partial charge in [-0.3, -0.25) is 24.0 Å². The maximum atomic E-state index is 13.5. The fourth-order valence-corrected chi connectivity index (χ4v) is 6.60. The van der Waals surface area contributed by atoms with Crippen LogP contribution in [0.2, 0.25) is 0 Å². The van der Waals surface area contributed by atoms with Gasteiger partial charge in [0, 0.05) is 43.6 Å². The second kappa shape index (κ2) is 26.4. The van der Waals surface area contributed by atoms with Crippen molar-refractivity contribution in [2.75, 3.05) is 49.4 Å². The van der Waals surface area contributed by atoms with E-state index in [4.69, 9.17) is 5.11 Å². The molecule has 0 bridgehead atoms. The van der Waals surface area contributed by atoms with Crippen LogP contribution in [0.15, 0.2) is 54.6 Å². The molecule has 69 heavy (non-hydrogen) atoms. The molecule has 2 aromatic carbocycles.